The summed E-state index contributed by atoms with van der Waals surface area (Å²) in [7, 11) is 0. The summed E-state index contributed by atoms with van der Waals surface area (Å²) in [5.41, 5.74) is 6.63. The van der Waals surface area contributed by atoms with Gasteiger partial charge in [-0.25, -0.2) is 0 Å². The van der Waals surface area contributed by atoms with Crippen molar-refractivity contribution in [2.75, 3.05) is 0 Å². The number of nitrogens with two attached hydrogens (primary N) is 1. The lowest BCUT2D eigenvalue weighted by Gasteiger charge is -2.21. The molecule has 0 aromatic heterocycles. The fourth-order valence-electron chi connectivity index (χ4n) is 1.34. The van der Waals surface area contributed by atoms with Crippen molar-refractivity contribution < 1.29 is 5.11 Å². The van der Waals surface area contributed by atoms with Crippen molar-refractivity contribution in [3.63, 3.8) is 0 Å². The largest absolute Gasteiger partial charge is 0.513 e. The molecular formula is C9H16N2O. The molecule has 1 aliphatic rings. The maximum absolute atomic E-state index is 9.03. The van der Waals surface area contributed by atoms with Crippen molar-refractivity contribution in [2.45, 2.75) is 38.8 Å². The highest BCUT2D eigenvalue weighted by atomic mass is 16.3. The summed E-state index contributed by atoms with van der Waals surface area (Å²) in [6.45, 7) is 3.70. The van der Waals surface area contributed by atoms with Crippen LogP contribution in [0.3, 0.4) is 0 Å². The molecule has 3 heteroatoms. The summed E-state index contributed by atoms with van der Waals surface area (Å²) >= 11 is 0. The van der Waals surface area contributed by atoms with Crippen LogP contribution in [0.1, 0.15) is 26.7 Å². The Morgan fingerprint density at radius 3 is 2.92 bits per heavy atom. The summed E-state index contributed by atoms with van der Waals surface area (Å²) in [6, 6.07) is 0.346. The molecular weight excluding hydrogens is 152 g/mol. The molecule has 0 aliphatic carbocycles. The Hall–Kier alpha value is -0.830. The third kappa shape index (κ3) is 2.34. The highest BCUT2D eigenvalue weighted by Crippen LogP contribution is 2.13. The number of hydrogen-bond acceptors (Lipinski definition) is 3. The molecule has 1 heterocycles. The third-order valence-corrected chi connectivity index (χ3v) is 2.00. The lowest BCUT2D eigenvalue weighted by atomic mass is 9.99. The minimum Gasteiger partial charge on any atom is -0.513 e. The Morgan fingerprint density at radius 1 is 1.67 bits per heavy atom. The van der Waals surface area contributed by atoms with Gasteiger partial charge in [0.15, 0.2) is 0 Å². The van der Waals surface area contributed by atoms with E-state index in [1.54, 1.807) is 13.0 Å². The van der Waals surface area contributed by atoms with E-state index in [1.165, 1.54) is 0 Å². The van der Waals surface area contributed by atoms with E-state index in [0.29, 0.717) is 6.04 Å². The highest BCUT2D eigenvalue weighted by molar-refractivity contribution is 5.99. The molecule has 0 amide bonds. The van der Waals surface area contributed by atoms with E-state index in [9.17, 15) is 0 Å². The van der Waals surface area contributed by atoms with Gasteiger partial charge in [0, 0.05) is 12.1 Å². The molecule has 0 bridgehead atoms. The standard InChI is InChI=1S/C9H16N2O/c1-6-3-4-8(10)9(11-6)5-7(2)12/h5-6,8,12H,3-4,10H2,1-2H3/b7-5+/t6-,8+/m1/s1. The maximum Gasteiger partial charge on any atom is 0.0910 e. The Kier molecular flexibility index (Phi) is 2.87. The number of nitrogens with zero attached hydrogens (tertiary/aromatic N) is 1. The molecule has 0 fully saturated rings. The summed E-state index contributed by atoms with van der Waals surface area (Å²) in [5.74, 6) is 0.276. The van der Waals surface area contributed by atoms with Crippen LogP contribution in [-0.4, -0.2) is 22.9 Å². The van der Waals surface area contributed by atoms with E-state index in [2.05, 4.69) is 11.9 Å². The summed E-state index contributed by atoms with van der Waals surface area (Å²) in [4.78, 5) is 4.36. The molecule has 1 rings (SSSR count). The number of allylic oxidation sites excluding steroid dienone is 1. The van der Waals surface area contributed by atoms with Crippen molar-refractivity contribution in [3.8, 4) is 0 Å². The van der Waals surface area contributed by atoms with Crippen molar-refractivity contribution >= 4 is 5.71 Å². The molecule has 3 nitrogen and oxygen atoms in total. The van der Waals surface area contributed by atoms with Crippen LogP contribution in [0.15, 0.2) is 16.8 Å². The second-order valence-corrected chi connectivity index (χ2v) is 3.37. The summed E-state index contributed by atoms with van der Waals surface area (Å²) in [5, 5.41) is 9.03. The number of aliphatic imine (C=N–C) groups is 1. The predicted octanol–water partition coefficient (Wildman–Crippen LogP) is 1.40. The molecule has 0 aromatic carbocycles. The minimum atomic E-state index is 0.00306. The molecule has 68 valence electrons. The van der Waals surface area contributed by atoms with E-state index in [-0.39, 0.29) is 11.8 Å². The predicted molar refractivity (Wildman–Crippen MR) is 50.5 cm³/mol. The van der Waals surface area contributed by atoms with Crippen molar-refractivity contribution in [1.29, 1.82) is 0 Å². The molecule has 0 saturated heterocycles. The zero-order valence-electron chi connectivity index (χ0n) is 7.62. The van der Waals surface area contributed by atoms with Crippen molar-refractivity contribution in [3.05, 3.63) is 11.8 Å². The van der Waals surface area contributed by atoms with Crippen LogP contribution in [0.2, 0.25) is 0 Å². The van der Waals surface area contributed by atoms with Gasteiger partial charge in [0.25, 0.3) is 0 Å². The summed E-state index contributed by atoms with van der Waals surface area (Å²) < 4.78 is 0. The van der Waals surface area contributed by atoms with Gasteiger partial charge in [-0.2, -0.15) is 0 Å². The van der Waals surface area contributed by atoms with Crippen LogP contribution >= 0.6 is 0 Å². The smallest absolute Gasteiger partial charge is 0.0910 e. The maximum atomic E-state index is 9.03. The topological polar surface area (TPSA) is 58.6 Å². The first-order chi connectivity index (χ1) is 5.59. The SMILES string of the molecule is C/C(O)=C\C1=N[C@H](C)CC[C@@H]1N. The Balaban J connectivity index is 2.78. The zero-order chi connectivity index (χ0) is 9.14. The van der Waals surface area contributed by atoms with Crippen LogP contribution in [0.25, 0.3) is 0 Å². The first kappa shape index (κ1) is 9.26. The first-order valence-corrected chi connectivity index (χ1v) is 4.30. The van der Waals surface area contributed by atoms with Crippen LogP contribution in [0.5, 0.6) is 0 Å². The average Bonchev–Trinajstić information content (AvgIpc) is 1.96. The molecule has 3 N–H and O–H groups in total. The van der Waals surface area contributed by atoms with E-state index in [1.807, 2.05) is 0 Å². The Bertz CT molecular complexity index is 217. The second kappa shape index (κ2) is 3.72. The van der Waals surface area contributed by atoms with Crippen molar-refractivity contribution in [1.82, 2.24) is 0 Å². The molecule has 12 heavy (non-hydrogen) atoms. The van der Waals surface area contributed by atoms with Crippen LogP contribution in [0, 0.1) is 0 Å². The van der Waals surface area contributed by atoms with Crippen LogP contribution in [0.4, 0.5) is 0 Å². The molecule has 1 aliphatic heterocycles. The molecule has 2 atom stereocenters. The Morgan fingerprint density at radius 2 is 2.33 bits per heavy atom. The van der Waals surface area contributed by atoms with Gasteiger partial charge in [-0.3, -0.25) is 4.99 Å². The second-order valence-electron chi connectivity index (χ2n) is 3.37. The van der Waals surface area contributed by atoms with Gasteiger partial charge in [-0.15, -0.1) is 0 Å². The normalized spacial score (nSPS) is 31.6. The number of rotatable bonds is 1. The molecule has 0 radical (unpaired) electrons. The van der Waals surface area contributed by atoms with Gasteiger partial charge >= 0.3 is 0 Å². The first-order valence-electron chi connectivity index (χ1n) is 4.30. The molecule has 0 unspecified atom stereocenters. The average molecular weight is 168 g/mol. The van der Waals surface area contributed by atoms with Gasteiger partial charge in [0.1, 0.15) is 0 Å². The fraction of sp³-hybridized carbons (Fsp3) is 0.667. The van der Waals surface area contributed by atoms with E-state index in [0.717, 1.165) is 18.6 Å². The van der Waals surface area contributed by atoms with Crippen molar-refractivity contribution in [2.24, 2.45) is 10.7 Å². The number of hydrogen-bond donors (Lipinski definition) is 2. The van der Waals surface area contributed by atoms with Gasteiger partial charge in [0.05, 0.1) is 11.5 Å². The van der Waals surface area contributed by atoms with Gasteiger partial charge in [-0.05, 0) is 32.8 Å². The molecule has 0 aromatic rings. The quantitative estimate of drug-likeness (QED) is 0.581. The third-order valence-electron chi connectivity index (χ3n) is 2.00. The Labute approximate surface area is 73.0 Å². The number of aliphatic hydroxyl groups is 1. The van der Waals surface area contributed by atoms with E-state index < -0.39 is 0 Å². The number of aliphatic hydroxyl groups excluding tert-OH is 1. The van der Waals surface area contributed by atoms with Gasteiger partial charge < -0.3 is 10.8 Å². The van der Waals surface area contributed by atoms with Gasteiger partial charge in [0.2, 0.25) is 0 Å². The lowest BCUT2D eigenvalue weighted by Crippen LogP contribution is -2.34. The molecule has 0 spiro atoms. The van der Waals surface area contributed by atoms with Crippen LogP contribution in [-0.2, 0) is 0 Å². The van der Waals surface area contributed by atoms with Gasteiger partial charge in [-0.1, -0.05) is 0 Å². The lowest BCUT2D eigenvalue weighted by molar-refractivity contribution is 0.414. The highest BCUT2D eigenvalue weighted by Gasteiger charge is 2.17. The zero-order valence-corrected chi connectivity index (χ0v) is 7.62. The summed E-state index contributed by atoms with van der Waals surface area (Å²) in [6.07, 6.45) is 3.66. The van der Waals surface area contributed by atoms with E-state index >= 15 is 0 Å². The minimum absolute atomic E-state index is 0.00306. The fourth-order valence-corrected chi connectivity index (χ4v) is 1.34. The van der Waals surface area contributed by atoms with Crippen LogP contribution < -0.4 is 5.73 Å². The van der Waals surface area contributed by atoms with E-state index in [4.69, 9.17) is 10.8 Å². The molecule has 0 saturated carbocycles. The monoisotopic (exact) mass is 168 g/mol.